The summed E-state index contributed by atoms with van der Waals surface area (Å²) in [5, 5.41) is 0. The van der Waals surface area contributed by atoms with Gasteiger partial charge in [0.2, 0.25) is 0 Å². The van der Waals surface area contributed by atoms with Crippen molar-refractivity contribution in [1.29, 1.82) is 0 Å². The predicted molar refractivity (Wildman–Crippen MR) is 91.3 cm³/mol. The zero-order chi connectivity index (χ0) is 14.1. The molecule has 1 rings (SSSR count). The molecule has 0 amide bonds. The SMILES string of the molecule is CC(C)CN1CCN(CCOCCCC(C)I)CC1. The van der Waals surface area contributed by atoms with Gasteiger partial charge in [0.05, 0.1) is 6.61 Å². The monoisotopic (exact) mass is 382 g/mol. The van der Waals surface area contributed by atoms with Crippen molar-refractivity contribution >= 4 is 22.6 Å². The quantitative estimate of drug-likeness (QED) is 0.347. The number of halogens is 1. The number of hydrogen-bond donors (Lipinski definition) is 0. The van der Waals surface area contributed by atoms with Gasteiger partial charge in [0.1, 0.15) is 0 Å². The minimum absolute atomic E-state index is 0.773. The second-order valence-corrected chi connectivity index (χ2v) is 8.20. The van der Waals surface area contributed by atoms with Crippen LogP contribution in [0.3, 0.4) is 0 Å². The van der Waals surface area contributed by atoms with Gasteiger partial charge < -0.3 is 9.64 Å². The van der Waals surface area contributed by atoms with Crippen molar-refractivity contribution < 1.29 is 4.74 Å². The summed E-state index contributed by atoms with van der Waals surface area (Å²) in [7, 11) is 0. The first-order chi connectivity index (χ1) is 9.08. The van der Waals surface area contributed by atoms with Gasteiger partial charge in [-0.25, -0.2) is 0 Å². The lowest BCUT2D eigenvalue weighted by molar-refractivity contribution is 0.0711. The highest BCUT2D eigenvalue weighted by Crippen LogP contribution is 2.07. The second-order valence-electron chi connectivity index (χ2n) is 6.07. The molecule has 0 bridgehead atoms. The molecule has 0 aromatic carbocycles. The van der Waals surface area contributed by atoms with E-state index in [-0.39, 0.29) is 0 Å². The maximum Gasteiger partial charge on any atom is 0.0593 e. The molecule has 0 aromatic rings. The fourth-order valence-electron chi connectivity index (χ4n) is 2.47. The Bertz CT molecular complexity index is 216. The highest BCUT2D eigenvalue weighted by molar-refractivity contribution is 14.1. The summed E-state index contributed by atoms with van der Waals surface area (Å²) in [6, 6.07) is 0. The topological polar surface area (TPSA) is 15.7 Å². The molecule has 1 saturated heterocycles. The minimum atomic E-state index is 0.773. The van der Waals surface area contributed by atoms with Crippen molar-refractivity contribution in [2.24, 2.45) is 5.92 Å². The van der Waals surface area contributed by atoms with E-state index < -0.39 is 0 Å². The Hall–Kier alpha value is 0.610. The van der Waals surface area contributed by atoms with E-state index in [1.54, 1.807) is 0 Å². The summed E-state index contributed by atoms with van der Waals surface area (Å²) in [4.78, 5) is 5.13. The molecule has 0 spiro atoms. The lowest BCUT2D eigenvalue weighted by atomic mass is 10.2. The predicted octanol–water partition coefficient (Wildman–Crippen LogP) is 2.88. The van der Waals surface area contributed by atoms with Crippen molar-refractivity contribution in [3.8, 4) is 0 Å². The van der Waals surface area contributed by atoms with Crippen LogP contribution in [-0.4, -0.2) is 66.2 Å². The van der Waals surface area contributed by atoms with Crippen LogP contribution in [0.4, 0.5) is 0 Å². The zero-order valence-electron chi connectivity index (χ0n) is 12.9. The molecular weight excluding hydrogens is 351 g/mol. The van der Waals surface area contributed by atoms with Crippen molar-refractivity contribution in [3.05, 3.63) is 0 Å². The van der Waals surface area contributed by atoms with Crippen molar-refractivity contribution in [2.75, 3.05) is 52.5 Å². The molecule has 3 nitrogen and oxygen atoms in total. The van der Waals surface area contributed by atoms with E-state index >= 15 is 0 Å². The summed E-state index contributed by atoms with van der Waals surface area (Å²) in [5.74, 6) is 0.787. The first kappa shape index (κ1) is 17.7. The van der Waals surface area contributed by atoms with Crippen LogP contribution in [0.2, 0.25) is 0 Å². The zero-order valence-corrected chi connectivity index (χ0v) is 15.1. The van der Waals surface area contributed by atoms with E-state index in [1.807, 2.05) is 0 Å². The third-order valence-corrected chi connectivity index (χ3v) is 4.15. The van der Waals surface area contributed by atoms with Gasteiger partial charge >= 0.3 is 0 Å². The van der Waals surface area contributed by atoms with Crippen LogP contribution in [-0.2, 0) is 4.74 Å². The van der Waals surface area contributed by atoms with E-state index in [4.69, 9.17) is 4.74 Å². The normalized spacial score (nSPS) is 20.1. The first-order valence-corrected chi connectivity index (χ1v) is 8.99. The van der Waals surface area contributed by atoms with E-state index in [0.717, 1.165) is 29.6 Å². The maximum atomic E-state index is 5.72. The molecule has 1 aliphatic rings. The highest BCUT2D eigenvalue weighted by Gasteiger charge is 2.16. The van der Waals surface area contributed by atoms with Gasteiger partial charge in [0, 0.05) is 49.8 Å². The third kappa shape index (κ3) is 9.21. The van der Waals surface area contributed by atoms with Gasteiger partial charge in [-0.2, -0.15) is 0 Å². The molecule has 0 radical (unpaired) electrons. The van der Waals surface area contributed by atoms with Gasteiger partial charge in [-0.3, -0.25) is 4.90 Å². The number of alkyl halides is 1. The fraction of sp³-hybridized carbons (Fsp3) is 1.00. The molecule has 114 valence electrons. The first-order valence-electron chi connectivity index (χ1n) is 7.74. The largest absolute Gasteiger partial charge is 0.380 e. The second kappa shape index (κ2) is 10.4. The molecule has 1 fully saturated rings. The summed E-state index contributed by atoms with van der Waals surface area (Å²) in [5.41, 5.74) is 0. The van der Waals surface area contributed by atoms with Crippen molar-refractivity contribution in [1.82, 2.24) is 9.80 Å². The van der Waals surface area contributed by atoms with Crippen LogP contribution in [0.1, 0.15) is 33.6 Å². The number of piperazine rings is 1. The van der Waals surface area contributed by atoms with Gasteiger partial charge in [0.25, 0.3) is 0 Å². The summed E-state index contributed by atoms with van der Waals surface area (Å²) < 4.78 is 6.49. The van der Waals surface area contributed by atoms with Crippen LogP contribution in [0.5, 0.6) is 0 Å². The average Bonchev–Trinajstić information content (AvgIpc) is 2.34. The molecule has 1 unspecified atom stereocenters. The van der Waals surface area contributed by atoms with Crippen LogP contribution in [0, 0.1) is 5.92 Å². The molecule has 1 aliphatic heterocycles. The Labute approximate surface area is 133 Å². The molecule has 1 atom stereocenters. The number of hydrogen-bond acceptors (Lipinski definition) is 3. The van der Waals surface area contributed by atoms with E-state index in [9.17, 15) is 0 Å². The Balaban J connectivity index is 1.95. The molecule has 0 aliphatic carbocycles. The van der Waals surface area contributed by atoms with Gasteiger partial charge in [0.15, 0.2) is 0 Å². The molecule has 0 N–H and O–H groups in total. The minimum Gasteiger partial charge on any atom is -0.380 e. The Morgan fingerprint density at radius 1 is 1.00 bits per heavy atom. The lowest BCUT2D eigenvalue weighted by Crippen LogP contribution is -2.48. The summed E-state index contributed by atoms with van der Waals surface area (Å²) >= 11 is 2.48. The van der Waals surface area contributed by atoms with Crippen LogP contribution in [0.15, 0.2) is 0 Å². The molecule has 1 heterocycles. The Kier molecular flexibility index (Phi) is 9.62. The van der Waals surface area contributed by atoms with E-state index in [1.165, 1.54) is 45.6 Å². The number of nitrogens with zero attached hydrogens (tertiary/aromatic N) is 2. The average molecular weight is 382 g/mol. The van der Waals surface area contributed by atoms with Crippen LogP contribution >= 0.6 is 22.6 Å². The van der Waals surface area contributed by atoms with E-state index in [0.29, 0.717) is 0 Å². The Morgan fingerprint density at radius 2 is 1.63 bits per heavy atom. The number of ether oxygens (including phenoxy) is 1. The molecule has 0 aromatic heterocycles. The highest BCUT2D eigenvalue weighted by atomic mass is 127. The summed E-state index contributed by atoms with van der Waals surface area (Å²) in [6.07, 6.45) is 2.47. The maximum absolute atomic E-state index is 5.72. The standard InChI is InChI=1S/C15H31IN2O/c1-14(2)13-18-8-6-17(7-9-18)10-12-19-11-4-5-15(3)16/h14-15H,4-13H2,1-3H3. The van der Waals surface area contributed by atoms with Crippen LogP contribution in [0.25, 0.3) is 0 Å². The fourth-order valence-corrected chi connectivity index (χ4v) is 2.91. The number of rotatable bonds is 9. The molecule has 19 heavy (non-hydrogen) atoms. The van der Waals surface area contributed by atoms with Crippen LogP contribution < -0.4 is 0 Å². The van der Waals surface area contributed by atoms with E-state index in [2.05, 4.69) is 53.2 Å². The third-order valence-electron chi connectivity index (χ3n) is 3.53. The smallest absolute Gasteiger partial charge is 0.0593 e. The summed E-state index contributed by atoms with van der Waals surface area (Å²) in [6.45, 7) is 15.9. The molecule has 4 heteroatoms. The Morgan fingerprint density at radius 3 is 2.21 bits per heavy atom. The molecule has 0 saturated carbocycles. The molecular formula is C15H31IN2O. The van der Waals surface area contributed by atoms with Crippen molar-refractivity contribution in [3.63, 3.8) is 0 Å². The van der Waals surface area contributed by atoms with Gasteiger partial charge in [-0.05, 0) is 18.8 Å². The van der Waals surface area contributed by atoms with Gasteiger partial charge in [-0.1, -0.05) is 43.4 Å². The van der Waals surface area contributed by atoms with Gasteiger partial charge in [-0.15, -0.1) is 0 Å². The van der Waals surface area contributed by atoms with Crippen molar-refractivity contribution in [2.45, 2.75) is 37.5 Å². The lowest BCUT2D eigenvalue weighted by Gasteiger charge is -2.35.